The standard InChI is InChI=1S/C28H38N4O4/c1-18-15-21(17-29-27(18)34)26-30-24-16-20(10-12-25(24)32(26)14-13-31(3)4)9-11-23(19(2)33)28(35)36-22-7-5-6-8-22/h10,12,15-17,19,22-23,33H,5-9,11,13-14H2,1-4H3,(H,29,34)/t19-,23?/m1/s1. The fraction of sp³-hybridized carbons (Fsp3) is 0.536. The molecule has 0 radical (unpaired) electrons. The number of nitrogens with one attached hydrogen (secondary N) is 1. The fourth-order valence-corrected chi connectivity index (χ4v) is 4.94. The molecule has 4 rings (SSSR count). The van der Waals surface area contributed by atoms with Gasteiger partial charge in [0.25, 0.3) is 5.56 Å². The first-order valence-corrected chi connectivity index (χ1v) is 12.9. The normalized spacial score (nSPS) is 16.1. The van der Waals surface area contributed by atoms with Gasteiger partial charge in [-0.25, -0.2) is 4.98 Å². The van der Waals surface area contributed by atoms with Crippen molar-refractivity contribution in [1.29, 1.82) is 0 Å². The Morgan fingerprint density at radius 2 is 2.03 bits per heavy atom. The summed E-state index contributed by atoms with van der Waals surface area (Å²) in [4.78, 5) is 34.5. The third-order valence-corrected chi connectivity index (χ3v) is 7.14. The number of H-pyrrole nitrogens is 1. The van der Waals surface area contributed by atoms with Crippen LogP contribution in [0.4, 0.5) is 0 Å². The zero-order valence-corrected chi connectivity index (χ0v) is 21.8. The second-order valence-electron chi connectivity index (χ2n) is 10.3. The molecule has 1 aliphatic rings. The molecule has 0 spiro atoms. The van der Waals surface area contributed by atoms with Crippen molar-refractivity contribution < 1.29 is 14.6 Å². The second-order valence-corrected chi connectivity index (χ2v) is 10.3. The summed E-state index contributed by atoms with van der Waals surface area (Å²) in [5.41, 5.74) is 4.36. The molecule has 2 heterocycles. The number of ether oxygens (including phenoxy) is 1. The average molecular weight is 495 g/mol. The van der Waals surface area contributed by atoms with Crippen molar-refractivity contribution in [2.75, 3.05) is 20.6 Å². The van der Waals surface area contributed by atoms with E-state index in [1.54, 1.807) is 20.0 Å². The van der Waals surface area contributed by atoms with Gasteiger partial charge in [-0.15, -0.1) is 0 Å². The Morgan fingerprint density at radius 3 is 2.69 bits per heavy atom. The van der Waals surface area contributed by atoms with Crippen LogP contribution in [0.1, 0.15) is 50.2 Å². The summed E-state index contributed by atoms with van der Waals surface area (Å²) in [5.74, 6) is -0.0226. The summed E-state index contributed by atoms with van der Waals surface area (Å²) in [6, 6.07) is 8.07. The number of rotatable bonds is 10. The zero-order valence-electron chi connectivity index (χ0n) is 21.8. The maximum absolute atomic E-state index is 12.7. The Hall–Kier alpha value is -2.97. The van der Waals surface area contributed by atoms with E-state index in [1.165, 1.54) is 0 Å². The van der Waals surface area contributed by atoms with E-state index in [2.05, 4.69) is 32.7 Å². The van der Waals surface area contributed by atoms with Gasteiger partial charge in [0.2, 0.25) is 0 Å². The highest BCUT2D eigenvalue weighted by molar-refractivity contribution is 5.81. The highest BCUT2D eigenvalue weighted by Gasteiger charge is 2.29. The number of nitrogens with zero attached hydrogens (tertiary/aromatic N) is 3. The third-order valence-electron chi connectivity index (χ3n) is 7.14. The molecule has 1 aromatic carbocycles. The third kappa shape index (κ3) is 6.05. The SMILES string of the molecule is Cc1cc(-c2nc3cc(CCC(C(=O)OC4CCCC4)[C@@H](C)O)ccc3n2CCN(C)C)c[nH]c1=O. The number of aliphatic hydroxyl groups excluding tert-OH is 1. The second kappa shape index (κ2) is 11.4. The van der Waals surface area contributed by atoms with Crippen LogP contribution in [-0.4, -0.2) is 63.4 Å². The number of pyridine rings is 1. The van der Waals surface area contributed by atoms with E-state index in [9.17, 15) is 14.7 Å². The summed E-state index contributed by atoms with van der Waals surface area (Å²) < 4.78 is 7.87. The van der Waals surface area contributed by atoms with Crippen molar-refractivity contribution in [2.24, 2.45) is 5.92 Å². The molecule has 0 bridgehead atoms. The van der Waals surface area contributed by atoms with Crippen LogP contribution in [0.5, 0.6) is 0 Å². The van der Waals surface area contributed by atoms with E-state index < -0.39 is 12.0 Å². The summed E-state index contributed by atoms with van der Waals surface area (Å²) >= 11 is 0. The highest BCUT2D eigenvalue weighted by atomic mass is 16.5. The van der Waals surface area contributed by atoms with Crippen LogP contribution in [0.15, 0.2) is 35.3 Å². The van der Waals surface area contributed by atoms with Crippen molar-refractivity contribution in [3.63, 3.8) is 0 Å². The number of hydrogen-bond donors (Lipinski definition) is 2. The van der Waals surface area contributed by atoms with Gasteiger partial charge >= 0.3 is 5.97 Å². The minimum atomic E-state index is -0.761. The lowest BCUT2D eigenvalue weighted by Crippen LogP contribution is -2.30. The predicted octanol–water partition coefficient (Wildman–Crippen LogP) is 3.68. The smallest absolute Gasteiger partial charge is 0.311 e. The Labute approximate surface area is 212 Å². The molecule has 2 aromatic heterocycles. The topological polar surface area (TPSA) is 100 Å². The fourth-order valence-electron chi connectivity index (χ4n) is 4.94. The van der Waals surface area contributed by atoms with Gasteiger partial charge < -0.3 is 24.3 Å². The molecule has 0 aliphatic heterocycles. The molecule has 0 saturated heterocycles. The van der Waals surface area contributed by atoms with Crippen LogP contribution in [0.25, 0.3) is 22.4 Å². The van der Waals surface area contributed by atoms with Gasteiger partial charge in [0.15, 0.2) is 0 Å². The van der Waals surface area contributed by atoms with Crippen LogP contribution >= 0.6 is 0 Å². The van der Waals surface area contributed by atoms with Gasteiger partial charge in [-0.1, -0.05) is 6.07 Å². The minimum Gasteiger partial charge on any atom is -0.462 e. The molecule has 2 N–H and O–H groups in total. The maximum atomic E-state index is 12.7. The highest BCUT2D eigenvalue weighted by Crippen LogP contribution is 2.27. The van der Waals surface area contributed by atoms with Crippen molar-refractivity contribution in [3.8, 4) is 11.4 Å². The first-order chi connectivity index (χ1) is 17.2. The summed E-state index contributed by atoms with van der Waals surface area (Å²) in [6.45, 7) is 5.06. The number of aliphatic hydroxyl groups is 1. The molecule has 194 valence electrons. The summed E-state index contributed by atoms with van der Waals surface area (Å²) in [6.07, 6.45) is 6.14. The number of hydrogen-bond acceptors (Lipinski definition) is 6. The molecule has 3 aromatic rings. The lowest BCUT2D eigenvalue weighted by molar-refractivity contribution is -0.157. The first-order valence-electron chi connectivity index (χ1n) is 12.9. The molecule has 1 unspecified atom stereocenters. The average Bonchev–Trinajstić information content (AvgIpc) is 3.46. The minimum absolute atomic E-state index is 0.00351. The Kier molecular flexibility index (Phi) is 8.26. The summed E-state index contributed by atoms with van der Waals surface area (Å²) in [5, 5.41) is 10.3. The zero-order chi connectivity index (χ0) is 25.8. The van der Waals surface area contributed by atoms with Crippen LogP contribution in [0.3, 0.4) is 0 Å². The van der Waals surface area contributed by atoms with Crippen LogP contribution in [-0.2, 0) is 22.5 Å². The van der Waals surface area contributed by atoms with Gasteiger partial charge in [0, 0.05) is 30.4 Å². The molecule has 2 atom stereocenters. The predicted molar refractivity (Wildman–Crippen MR) is 141 cm³/mol. The molecule has 1 fully saturated rings. The number of carbonyl (C=O) groups is 1. The van der Waals surface area contributed by atoms with Gasteiger partial charge in [-0.2, -0.15) is 0 Å². The van der Waals surface area contributed by atoms with Crippen molar-refractivity contribution in [2.45, 2.75) is 71.1 Å². The molecular weight excluding hydrogens is 456 g/mol. The molecule has 8 nitrogen and oxygen atoms in total. The number of benzene rings is 1. The van der Waals surface area contributed by atoms with Gasteiger partial charge in [-0.05, 0) is 90.2 Å². The van der Waals surface area contributed by atoms with Crippen molar-refractivity contribution in [1.82, 2.24) is 19.4 Å². The number of aryl methyl sites for hydroxylation is 2. The van der Waals surface area contributed by atoms with E-state index in [-0.39, 0.29) is 17.6 Å². The van der Waals surface area contributed by atoms with Gasteiger partial charge in [0.1, 0.15) is 11.9 Å². The van der Waals surface area contributed by atoms with E-state index in [0.29, 0.717) is 18.4 Å². The van der Waals surface area contributed by atoms with E-state index in [4.69, 9.17) is 9.72 Å². The Bertz CT molecular complexity index is 1250. The quantitative estimate of drug-likeness (QED) is 0.417. The van der Waals surface area contributed by atoms with Crippen molar-refractivity contribution in [3.05, 3.63) is 51.9 Å². The number of aromatic amines is 1. The lowest BCUT2D eigenvalue weighted by Gasteiger charge is -2.21. The molecule has 1 aliphatic carbocycles. The monoisotopic (exact) mass is 494 g/mol. The lowest BCUT2D eigenvalue weighted by atomic mass is 9.95. The van der Waals surface area contributed by atoms with E-state index in [0.717, 1.165) is 66.8 Å². The maximum Gasteiger partial charge on any atom is 0.311 e. The largest absolute Gasteiger partial charge is 0.462 e. The van der Waals surface area contributed by atoms with Gasteiger partial charge in [-0.3, -0.25) is 9.59 Å². The molecule has 0 amide bonds. The van der Waals surface area contributed by atoms with Crippen LogP contribution in [0, 0.1) is 12.8 Å². The Balaban J connectivity index is 1.57. The first kappa shape index (κ1) is 26.1. The number of fused-ring (bicyclic) bond motifs is 1. The molecule has 1 saturated carbocycles. The van der Waals surface area contributed by atoms with Crippen LogP contribution < -0.4 is 5.56 Å². The van der Waals surface area contributed by atoms with Crippen molar-refractivity contribution >= 4 is 17.0 Å². The molecule has 36 heavy (non-hydrogen) atoms. The number of esters is 1. The van der Waals surface area contributed by atoms with E-state index >= 15 is 0 Å². The molecule has 8 heteroatoms. The summed E-state index contributed by atoms with van der Waals surface area (Å²) in [7, 11) is 4.08. The number of aromatic nitrogens is 3. The Morgan fingerprint density at radius 1 is 1.28 bits per heavy atom. The number of carbonyl (C=O) groups excluding carboxylic acids is 1. The van der Waals surface area contributed by atoms with Crippen LogP contribution in [0.2, 0.25) is 0 Å². The number of likely N-dealkylation sites (N-methyl/N-ethyl adjacent to an activating group) is 1. The number of imidazole rings is 1. The molecular formula is C28H38N4O4. The van der Waals surface area contributed by atoms with Gasteiger partial charge in [0.05, 0.1) is 23.1 Å². The van der Waals surface area contributed by atoms with E-state index in [1.807, 2.05) is 20.2 Å².